The van der Waals surface area contributed by atoms with E-state index < -0.39 is 5.97 Å². The molecule has 4 rings (SSSR count). The topological polar surface area (TPSA) is 83.1 Å². The number of benzene rings is 4. The highest BCUT2D eigenvalue weighted by atomic mass is 17.2. The Hall–Kier alpha value is -4.62. The molecule has 4 aromatic rings. The average molecular weight is 512 g/mol. The number of ether oxygens (including phenoxy) is 2. The molecule has 0 unspecified atom stereocenters. The molecule has 194 valence electrons. The van der Waals surface area contributed by atoms with E-state index in [9.17, 15) is 9.59 Å². The van der Waals surface area contributed by atoms with Gasteiger partial charge in [0.15, 0.2) is 0 Å². The molecule has 4 aromatic carbocycles. The molecule has 0 saturated carbocycles. The molecule has 0 saturated heterocycles. The second-order valence-corrected chi connectivity index (χ2v) is 8.44. The van der Waals surface area contributed by atoms with Crippen LogP contribution in [0.1, 0.15) is 46.2 Å². The number of rotatable bonds is 11. The van der Waals surface area contributed by atoms with Crippen LogP contribution < -0.4 is 14.8 Å². The van der Waals surface area contributed by atoms with E-state index in [1.807, 2.05) is 38.1 Å². The number of allylic oxidation sites excluding steroid dienone is 1. The van der Waals surface area contributed by atoms with Crippen molar-refractivity contribution in [3.05, 3.63) is 120 Å². The van der Waals surface area contributed by atoms with Crippen molar-refractivity contribution in [3.63, 3.8) is 0 Å². The largest absolute Gasteiger partial charge is 0.491 e. The number of fused-ring (bicyclic) bond motifs is 1. The molecule has 0 spiro atoms. The maximum Gasteiger partial charge on any atom is 0.343 e. The van der Waals surface area contributed by atoms with Gasteiger partial charge in [-0.1, -0.05) is 42.5 Å². The predicted molar refractivity (Wildman–Crippen MR) is 145 cm³/mol. The van der Waals surface area contributed by atoms with Crippen molar-refractivity contribution in [2.75, 3.05) is 13.2 Å². The molecular weight excluding hydrogens is 482 g/mol. The summed E-state index contributed by atoms with van der Waals surface area (Å²) in [7, 11) is 0. The van der Waals surface area contributed by atoms with Crippen molar-refractivity contribution in [2.24, 2.45) is 0 Å². The van der Waals surface area contributed by atoms with E-state index in [2.05, 4.69) is 23.5 Å². The van der Waals surface area contributed by atoms with Gasteiger partial charge in [-0.3, -0.25) is 4.79 Å². The number of carbonyl (C=O) groups is 2. The van der Waals surface area contributed by atoms with Gasteiger partial charge in [0.05, 0.1) is 11.6 Å². The maximum atomic E-state index is 12.8. The minimum atomic E-state index is -0.513. The van der Waals surface area contributed by atoms with E-state index >= 15 is 0 Å². The molecule has 1 amide bonds. The Morgan fingerprint density at radius 3 is 2.26 bits per heavy atom. The summed E-state index contributed by atoms with van der Waals surface area (Å²) in [5, 5.41) is 5.28. The minimum absolute atomic E-state index is 0.183. The van der Waals surface area contributed by atoms with Crippen LogP contribution >= 0.6 is 0 Å². The predicted octanol–water partition coefficient (Wildman–Crippen LogP) is 6.41. The highest BCUT2D eigenvalue weighted by molar-refractivity contribution is 5.95. The van der Waals surface area contributed by atoms with Gasteiger partial charge in [0.2, 0.25) is 0 Å². The quantitative estimate of drug-likeness (QED) is 0.0626. The first-order chi connectivity index (χ1) is 18.5. The van der Waals surface area contributed by atoms with Gasteiger partial charge in [-0.15, -0.1) is 0 Å². The van der Waals surface area contributed by atoms with Crippen LogP contribution in [0.25, 0.3) is 10.8 Å². The molecule has 0 radical (unpaired) electrons. The van der Waals surface area contributed by atoms with E-state index in [0.29, 0.717) is 29.2 Å². The summed E-state index contributed by atoms with van der Waals surface area (Å²) in [5.74, 6) is 0.204. The average Bonchev–Trinajstić information content (AvgIpc) is 2.95. The normalized spacial score (nSPS) is 11.7. The van der Waals surface area contributed by atoms with Gasteiger partial charge in [-0.05, 0) is 84.8 Å². The summed E-state index contributed by atoms with van der Waals surface area (Å²) in [6, 6.07) is 27.0. The smallest absolute Gasteiger partial charge is 0.343 e. The van der Waals surface area contributed by atoms with E-state index in [1.165, 1.54) is 6.26 Å². The van der Waals surface area contributed by atoms with Crippen molar-refractivity contribution in [1.29, 1.82) is 0 Å². The standard InChI is InChI=1S/C31H29NO6/c1-3-19-36-37-21-20-35-26-15-13-25(14-16-26)31(34)38-27-17-11-24(12-18-27)30(33)32-22(2)28-10-6-8-23-7-4-5-9-29(23)28/h3-19,22H,20-21H2,1-2H3,(H,32,33)/t22-/m0/s1. The lowest BCUT2D eigenvalue weighted by Crippen LogP contribution is -2.26. The fraction of sp³-hybridized carbons (Fsp3) is 0.161. The van der Waals surface area contributed by atoms with Crippen LogP contribution in [0.5, 0.6) is 11.5 Å². The molecule has 0 fully saturated rings. The van der Waals surface area contributed by atoms with E-state index in [0.717, 1.165) is 16.3 Å². The zero-order valence-corrected chi connectivity index (χ0v) is 21.3. The fourth-order valence-corrected chi connectivity index (χ4v) is 3.85. The van der Waals surface area contributed by atoms with Crippen molar-refractivity contribution in [3.8, 4) is 11.5 Å². The summed E-state index contributed by atoms with van der Waals surface area (Å²) in [5.41, 5.74) is 1.89. The summed E-state index contributed by atoms with van der Waals surface area (Å²) in [4.78, 5) is 35.0. The molecule has 38 heavy (non-hydrogen) atoms. The van der Waals surface area contributed by atoms with E-state index in [1.54, 1.807) is 54.6 Å². The molecular formula is C31H29NO6. The number of hydrogen-bond donors (Lipinski definition) is 1. The molecule has 0 aliphatic carbocycles. The molecule has 7 heteroatoms. The molecule has 1 N–H and O–H groups in total. The third kappa shape index (κ3) is 6.99. The lowest BCUT2D eigenvalue weighted by molar-refractivity contribution is -0.251. The zero-order valence-electron chi connectivity index (χ0n) is 21.3. The number of hydrogen-bond acceptors (Lipinski definition) is 6. The van der Waals surface area contributed by atoms with Crippen LogP contribution in [0.2, 0.25) is 0 Å². The molecule has 7 nitrogen and oxygen atoms in total. The zero-order chi connectivity index (χ0) is 26.7. The van der Waals surface area contributed by atoms with Gasteiger partial charge in [-0.2, -0.15) is 4.89 Å². The van der Waals surface area contributed by atoms with Crippen LogP contribution in [0.3, 0.4) is 0 Å². The Kier molecular flexibility index (Phi) is 9.10. The molecule has 0 aliphatic heterocycles. The Balaban J connectivity index is 1.29. The first kappa shape index (κ1) is 26.4. The summed E-state index contributed by atoms with van der Waals surface area (Å²) in [6.07, 6.45) is 3.13. The van der Waals surface area contributed by atoms with Crippen molar-refractivity contribution >= 4 is 22.6 Å². The minimum Gasteiger partial charge on any atom is -0.491 e. The fourth-order valence-electron chi connectivity index (χ4n) is 3.85. The number of esters is 1. The summed E-state index contributed by atoms with van der Waals surface area (Å²) in [6.45, 7) is 4.32. The second kappa shape index (κ2) is 13.1. The van der Waals surface area contributed by atoms with Crippen molar-refractivity contribution < 1.29 is 28.8 Å². The van der Waals surface area contributed by atoms with Gasteiger partial charge in [-0.25, -0.2) is 4.79 Å². The molecule has 0 aliphatic rings. The Labute approximate surface area is 221 Å². The molecule has 0 heterocycles. The lowest BCUT2D eigenvalue weighted by atomic mass is 9.99. The Morgan fingerprint density at radius 2 is 1.50 bits per heavy atom. The van der Waals surface area contributed by atoms with Crippen LogP contribution in [0.4, 0.5) is 0 Å². The van der Waals surface area contributed by atoms with Crippen molar-refractivity contribution in [2.45, 2.75) is 19.9 Å². The Bertz CT molecular complexity index is 1390. The highest BCUT2D eigenvalue weighted by Gasteiger charge is 2.15. The molecule has 0 aromatic heterocycles. The SMILES string of the molecule is CC=COOCCOc1ccc(C(=O)Oc2ccc(C(=O)N[C@@H](C)c3cccc4ccccc34)cc2)cc1. The van der Waals surface area contributed by atoms with Crippen LogP contribution in [-0.4, -0.2) is 25.1 Å². The molecule has 1 atom stereocenters. The van der Waals surface area contributed by atoms with Gasteiger partial charge in [0.1, 0.15) is 31.0 Å². The van der Waals surface area contributed by atoms with Crippen molar-refractivity contribution in [1.82, 2.24) is 5.32 Å². The lowest BCUT2D eigenvalue weighted by Gasteiger charge is -2.17. The van der Waals surface area contributed by atoms with Crippen LogP contribution in [0.15, 0.2) is 103 Å². The third-order valence-electron chi connectivity index (χ3n) is 5.75. The van der Waals surface area contributed by atoms with Gasteiger partial charge < -0.3 is 19.7 Å². The highest BCUT2D eigenvalue weighted by Crippen LogP contribution is 2.24. The monoisotopic (exact) mass is 511 g/mol. The van der Waals surface area contributed by atoms with E-state index in [4.69, 9.17) is 19.2 Å². The molecule has 0 bridgehead atoms. The first-order valence-electron chi connectivity index (χ1n) is 12.3. The number of carbonyl (C=O) groups excluding carboxylic acids is 2. The van der Waals surface area contributed by atoms with Gasteiger partial charge >= 0.3 is 5.97 Å². The first-order valence-corrected chi connectivity index (χ1v) is 12.3. The third-order valence-corrected chi connectivity index (χ3v) is 5.75. The van der Waals surface area contributed by atoms with Gasteiger partial charge in [0, 0.05) is 5.56 Å². The summed E-state index contributed by atoms with van der Waals surface area (Å²) >= 11 is 0. The summed E-state index contributed by atoms with van der Waals surface area (Å²) < 4.78 is 11.0. The van der Waals surface area contributed by atoms with Gasteiger partial charge in [0.25, 0.3) is 5.91 Å². The van der Waals surface area contributed by atoms with Crippen LogP contribution in [-0.2, 0) is 9.78 Å². The number of amides is 1. The van der Waals surface area contributed by atoms with E-state index in [-0.39, 0.29) is 18.6 Å². The Morgan fingerprint density at radius 1 is 0.816 bits per heavy atom. The maximum absolute atomic E-state index is 12.8. The number of nitrogens with one attached hydrogen (secondary N) is 1. The van der Waals surface area contributed by atoms with Crippen LogP contribution in [0, 0.1) is 0 Å². The second-order valence-electron chi connectivity index (χ2n) is 8.44.